The molecule has 5 nitrogen and oxygen atoms in total. The number of hydrogen-bond acceptors (Lipinski definition) is 4. The predicted octanol–water partition coefficient (Wildman–Crippen LogP) is 2.65. The average Bonchev–Trinajstić information content (AvgIpc) is 2.49. The van der Waals surface area contributed by atoms with Crippen LogP contribution in [0.1, 0.15) is 11.5 Å². The number of benzene rings is 2. The average molecular weight is 288 g/mol. The second-order valence-corrected chi connectivity index (χ2v) is 4.45. The van der Waals surface area contributed by atoms with Gasteiger partial charge in [-0.15, -0.1) is 0 Å². The third-order valence-electron chi connectivity index (χ3n) is 3.07. The molecule has 0 amide bonds. The van der Waals surface area contributed by atoms with Crippen molar-refractivity contribution >= 4 is 5.97 Å². The van der Waals surface area contributed by atoms with Crippen LogP contribution in [0.2, 0.25) is 0 Å². The fourth-order valence-corrected chi connectivity index (χ4v) is 1.92. The molecule has 0 saturated carbocycles. The Balaban J connectivity index is 2.16. The van der Waals surface area contributed by atoms with E-state index in [9.17, 15) is 15.0 Å². The minimum atomic E-state index is -1.00. The molecule has 0 heterocycles. The second-order valence-electron chi connectivity index (χ2n) is 4.45. The summed E-state index contributed by atoms with van der Waals surface area (Å²) < 4.78 is 10.5. The number of carboxylic acids is 1. The summed E-state index contributed by atoms with van der Waals surface area (Å²) in [4.78, 5) is 11.4. The summed E-state index contributed by atoms with van der Waals surface area (Å²) in [5.74, 6) is -1.03. The van der Waals surface area contributed by atoms with Crippen LogP contribution in [-0.2, 0) is 4.79 Å². The van der Waals surface area contributed by atoms with E-state index in [4.69, 9.17) is 9.47 Å². The Bertz CT molecular complexity index is 624. The predicted molar refractivity (Wildman–Crippen MR) is 77.0 cm³/mol. The third-order valence-corrected chi connectivity index (χ3v) is 3.07. The summed E-state index contributed by atoms with van der Waals surface area (Å²) in [6.45, 7) is -0.0833. The van der Waals surface area contributed by atoms with Crippen molar-refractivity contribution in [2.45, 2.75) is 5.92 Å². The zero-order valence-corrected chi connectivity index (χ0v) is 11.5. The number of aromatic hydroxyl groups is 1. The quantitative estimate of drug-likeness (QED) is 0.854. The number of phenolic OH excluding ortho intramolecular Hbond substituents is 1. The lowest BCUT2D eigenvalue weighted by Gasteiger charge is -2.15. The minimum absolute atomic E-state index is 0.0210. The van der Waals surface area contributed by atoms with Crippen molar-refractivity contribution < 1.29 is 24.5 Å². The van der Waals surface area contributed by atoms with Crippen molar-refractivity contribution in [1.82, 2.24) is 0 Å². The molecule has 21 heavy (non-hydrogen) atoms. The van der Waals surface area contributed by atoms with Crippen LogP contribution in [-0.4, -0.2) is 29.9 Å². The lowest BCUT2D eigenvalue weighted by atomic mass is 10.00. The Morgan fingerprint density at radius 3 is 2.62 bits per heavy atom. The molecule has 110 valence electrons. The van der Waals surface area contributed by atoms with Gasteiger partial charge in [-0.25, -0.2) is 0 Å². The van der Waals surface area contributed by atoms with Crippen LogP contribution in [0.25, 0.3) is 0 Å². The number of ether oxygens (including phenoxy) is 2. The van der Waals surface area contributed by atoms with Crippen molar-refractivity contribution in [1.29, 1.82) is 0 Å². The van der Waals surface area contributed by atoms with Gasteiger partial charge in [0.1, 0.15) is 18.3 Å². The lowest BCUT2D eigenvalue weighted by Crippen LogP contribution is -2.19. The first-order valence-electron chi connectivity index (χ1n) is 6.39. The summed E-state index contributed by atoms with van der Waals surface area (Å²) in [6.07, 6.45) is 0. The Hall–Kier alpha value is -2.69. The minimum Gasteiger partial charge on any atom is -0.504 e. The maximum atomic E-state index is 11.4. The first-order valence-corrected chi connectivity index (χ1v) is 6.39. The Labute approximate surface area is 122 Å². The van der Waals surface area contributed by atoms with E-state index in [0.29, 0.717) is 11.3 Å². The molecule has 0 bridgehead atoms. The van der Waals surface area contributed by atoms with Gasteiger partial charge in [-0.3, -0.25) is 4.79 Å². The molecule has 1 unspecified atom stereocenters. The van der Waals surface area contributed by atoms with E-state index in [0.717, 1.165) is 0 Å². The first-order chi connectivity index (χ1) is 10.1. The number of aliphatic carboxylic acids is 1. The summed E-state index contributed by atoms with van der Waals surface area (Å²) in [5.41, 5.74) is 0.581. The highest BCUT2D eigenvalue weighted by Crippen LogP contribution is 2.27. The number of hydrogen-bond donors (Lipinski definition) is 2. The van der Waals surface area contributed by atoms with Crippen LogP contribution in [0.15, 0.2) is 48.5 Å². The van der Waals surface area contributed by atoms with E-state index in [1.165, 1.54) is 13.2 Å². The molecule has 2 N–H and O–H groups in total. The van der Waals surface area contributed by atoms with Crippen LogP contribution in [0.4, 0.5) is 0 Å². The van der Waals surface area contributed by atoms with Gasteiger partial charge in [-0.2, -0.15) is 0 Å². The van der Waals surface area contributed by atoms with Crippen molar-refractivity contribution in [3.8, 4) is 17.2 Å². The van der Waals surface area contributed by atoms with Crippen LogP contribution in [0.5, 0.6) is 17.2 Å². The molecule has 0 fully saturated rings. The van der Waals surface area contributed by atoms with Gasteiger partial charge in [0.2, 0.25) is 0 Å². The summed E-state index contributed by atoms with van der Waals surface area (Å²) in [5, 5.41) is 19.0. The van der Waals surface area contributed by atoms with Gasteiger partial charge in [-0.1, -0.05) is 24.3 Å². The van der Waals surface area contributed by atoms with E-state index in [-0.39, 0.29) is 18.1 Å². The van der Waals surface area contributed by atoms with E-state index in [1.807, 2.05) is 0 Å². The Morgan fingerprint density at radius 2 is 1.95 bits per heavy atom. The van der Waals surface area contributed by atoms with Crippen LogP contribution in [0.3, 0.4) is 0 Å². The Morgan fingerprint density at radius 1 is 1.19 bits per heavy atom. The second kappa shape index (κ2) is 6.65. The highest BCUT2D eigenvalue weighted by Gasteiger charge is 2.21. The van der Waals surface area contributed by atoms with Crippen LogP contribution in [0, 0.1) is 0 Å². The number of carboxylic acid groups (broad SMARTS) is 1. The molecule has 0 aliphatic carbocycles. The van der Waals surface area contributed by atoms with E-state index in [1.54, 1.807) is 42.5 Å². The number of methoxy groups -OCH3 is 1. The van der Waals surface area contributed by atoms with Gasteiger partial charge < -0.3 is 19.7 Å². The van der Waals surface area contributed by atoms with Crippen molar-refractivity contribution in [2.75, 3.05) is 13.7 Å². The standard InChI is InChI=1S/C16H16O5/c1-20-12-6-4-5-11(9-12)13(16(18)19)10-21-15-8-3-2-7-14(15)17/h2-9,13,17H,10H2,1H3,(H,18,19). The lowest BCUT2D eigenvalue weighted by molar-refractivity contribution is -0.139. The maximum Gasteiger partial charge on any atom is 0.314 e. The fraction of sp³-hybridized carbons (Fsp3) is 0.188. The van der Waals surface area contributed by atoms with Gasteiger partial charge in [0.15, 0.2) is 11.5 Å². The summed E-state index contributed by atoms with van der Waals surface area (Å²) in [7, 11) is 1.52. The summed E-state index contributed by atoms with van der Waals surface area (Å²) in [6, 6.07) is 13.3. The molecule has 5 heteroatoms. The monoisotopic (exact) mass is 288 g/mol. The van der Waals surface area contributed by atoms with Gasteiger partial charge >= 0.3 is 5.97 Å². The SMILES string of the molecule is COc1cccc(C(COc2ccccc2O)C(=O)O)c1. The smallest absolute Gasteiger partial charge is 0.314 e. The van der Waals surface area contributed by atoms with E-state index < -0.39 is 11.9 Å². The zero-order valence-electron chi connectivity index (χ0n) is 11.5. The van der Waals surface area contributed by atoms with Crippen molar-refractivity contribution in [3.05, 3.63) is 54.1 Å². The van der Waals surface area contributed by atoms with Crippen LogP contribution >= 0.6 is 0 Å². The summed E-state index contributed by atoms with van der Waals surface area (Å²) >= 11 is 0. The van der Waals surface area contributed by atoms with E-state index >= 15 is 0 Å². The number of rotatable bonds is 6. The third kappa shape index (κ3) is 3.66. The van der Waals surface area contributed by atoms with Gasteiger partial charge in [0.05, 0.1) is 7.11 Å². The fourth-order valence-electron chi connectivity index (χ4n) is 1.92. The van der Waals surface area contributed by atoms with Crippen molar-refractivity contribution in [2.24, 2.45) is 0 Å². The van der Waals surface area contributed by atoms with Crippen LogP contribution < -0.4 is 9.47 Å². The normalized spacial score (nSPS) is 11.7. The number of carbonyl (C=O) groups is 1. The molecule has 0 saturated heterocycles. The van der Waals surface area contributed by atoms with Crippen molar-refractivity contribution in [3.63, 3.8) is 0 Å². The molecule has 2 rings (SSSR count). The van der Waals surface area contributed by atoms with Gasteiger partial charge in [0, 0.05) is 0 Å². The molecule has 0 aliphatic rings. The molecular formula is C16H16O5. The molecule has 0 aliphatic heterocycles. The maximum absolute atomic E-state index is 11.4. The highest BCUT2D eigenvalue weighted by atomic mass is 16.5. The topological polar surface area (TPSA) is 76.0 Å². The molecule has 2 aromatic carbocycles. The Kier molecular flexibility index (Phi) is 4.66. The zero-order chi connectivity index (χ0) is 15.2. The number of para-hydroxylation sites is 2. The highest BCUT2D eigenvalue weighted by molar-refractivity contribution is 5.76. The molecule has 0 radical (unpaired) electrons. The molecular weight excluding hydrogens is 272 g/mol. The molecule has 1 atom stereocenters. The molecule has 2 aromatic rings. The number of phenols is 1. The van der Waals surface area contributed by atoms with E-state index in [2.05, 4.69) is 0 Å². The van der Waals surface area contributed by atoms with Gasteiger partial charge in [-0.05, 0) is 29.8 Å². The molecule has 0 aromatic heterocycles. The first kappa shape index (κ1) is 14.7. The largest absolute Gasteiger partial charge is 0.504 e. The van der Waals surface area contributed by atoms with Gasteiger partial charge in [0.25, 0.3) is 0 Å². The molecule has 0 spiro atoms.